The fourth-order valence-corrected chi connectivity index (χ4v) is 2.18. The van der Waals surface area contributed by atoms with E-state index in [0.29, 0.717) is 6.54 Å². The molecule has 0 bridgehead atoms. The van der Waals surface area contributed by atoms with Gasteiger partial charge in [0.25, 0.3) is 0 Å². The first kappa shape index (κ1) is 12.1. The molecule has 0 unspecified atom stereocenters. The van der Waals surface area contributed by atoms with Gasteiger partial charge in [-0.05, 0) is 23.4 Å². The molecular formula is C14H19NO2. The maximum Gasteiger partial charge on any atom is 0.174 e. The Balaban J connectivity index is 2.40. The minimum absolute atomic E-state index is 0.199. The van der Waals surface area contributed by atoms with Gasteiger partial charge in [-0.15, -0.1) is 0 Å². The minimum Gasteiger partial charge on any atom is -0.354 e. The van der Waals surface area contributed by atoms with Crippen molar-refractivity contribution in [3.63, 3.8) is 0 Å². The molecule has 0 aliphatic rings. The van der Waals surface area contributed by atoms with E-state index in [9.17, 15) is 0 Å². The normalized spacial score (nSPS) is 11.5. The summed E-state index contributed by atoms with van der Waals surface area (Å²) >= 11 is 0. The van der Waals surface area contributed by atoms with Crippen molar-refractivity contribution >= 4 is 10.9 Å². The molecule has 0 N–H and O–H groups in total. The van der Waals surface area contributed by atoms with Crippen LogP contribution in [-0.2, 0) is 22.4 Å². The summed E-state index contributed by atoms with van der Waals surface area (Å²) in [5.74, 6) is 0. The zero-order chi connectivity index (χ0) is 12.3. The molecule has 0 saturated carbocycles. The molecule has 0 aliphatic heterocycles. The lowest BCUT2D eigenvalue weighted by atomic mass is 10.1. The molecule has 0 amide bonds. The molecule has 0 spiro atoms. The topological polar surface area (TPSA) is 23.4 Å². The van der Waals surface area contributed by atoms with Gasteiger partial charge in [0.1, 0.15) is 0 Å². The molecule has 0 radical (unpaired) electrons. The maximum atomic E-state index is 5.25. The van der Waals surface area contributed by atoms with Crippen LogP contribution in [0.1, 0.15) is 12.5 Å². The monoisotopic (exact) mass is 233 g/mol. The van der Waals surface area contributed by atoms with Crippen LogP contribution in [0.2, 0.25) is 0 Å². The van der Waals surface area contributed by atoms with E-state index < -0.39 is 0 Å². The van der Waals surface area contributed by atoms with Crippen LogP contribution in [0.25, 0.3) is 10.9 Å². The molecule has 1 heterocycles. The van der Waals surface area contributed by atoms with Crippen LogP contribution in [0, 0.1) is 0 Å². The van der Waals surface area contributed by atoms with Crippen LogP contribution < -0.4 is 0 Å². The third-order valence-electron chi connectivity index (χ3n) is 3.12. The third kappa shape index (κ3) is 2.35. The van der Waals surface area contributed by atoms with Gasteiger partial charge < -0.3 is 14.0 Å². The molecule has 2 aromatic rings. The van der Waals surface area contributed by atoms with Crippen molar-refractivity contribution in [3.8, 4) is 0 Å². The zero-order valence-electron chi connectivity index (χ0n) is 10.6. The molecule has 1 aromatic carbocycles. The molecule has 17 heavy (non-hydrogen) atoms. The second kappa shape index (κ2) is 5.34. The zero-order valence-corrected chi connectivity index (χ0v) is 10.6. The molecule has 1 aromatic heterocycles. The van der Waals surface area contributed by atoms with E-state index in [4.69, 9.17) is 9.47 Å². The molecule has 92 valence electrons. The van der Waals surface area contributed by atoms with Crippen molar-refractivity contribution in [2.45, 2.75) is 26.2 Å². The van der Waals surface area contributed by atoms with Crippen molar-refractivity contribution in [2.24, 2.45) is 0 Å². The van der Waals surface area contributed by atoms with Crippen molar-refractivity contribution in [1.82, 2.24) is 4.57 Å². The fraction of sp³-hybridized carbons (Fsp3) is 0.429. The SMILES string of the molecule is CCc1cccc2ccn(CC(OC)OC)c12. The summed E-state index contributed by atoms with van der Waals surface area (Å²) < 4.78 is 12.7. The molecule has 0 atom stereocenters. The van der Waals surface area contributed by atoms with Crippen LogP contribution in [0.3, 0.4) is 0 Å². The first-order chi connectivity index (χ1) is 8.30. The molecule has 3 nitrogen and oxygen atoms in total. The van der Waals surface area contributed by atoms with E-state index in [-0.39, 0.29) is 6.29 Å². The Labute approximate surface area is 102 Å². The molecule has 0 saturated heterocycles. The van der Waals surface area contributed by atoms with Gasteiger partial charge >= 0.3 is 0 Å². The van der Waals surface area contributed by atoms with E-state index >= 15 is 0 Å². The lowest BCUT2D eigenvalue weighted by molar-refractivity contribution is -0.110. The summed E-state index contributed by atoms with van der Waals surface area (Å²) in [6.07, 6.45) is 2.93. The smallest absolute Gasteiger partial charge is 0.174 e. The number of rotatable bonds is 5. The van der Waals surface area contributed by atoms with Crippen LogP contribution in [-0.4, -0.2) is 25.1 Å². The number of aryl methyl sites for hydroxylation is 1. The highest BCUT2D eigenvalue weighted by Gasteiger charge is 2.10. The fourth-order valence-electron chi connectivity index (χ4n) is 2.18. The highest BCUT2D eigenvalue weighted by Crippen LogP contribution is 2.21. The second-order valence-electron chi connectivity index (χ2n) is 4.08. The summed E-state index contributed by atoms with van der Waals surface area (Å²) in [6, 6.07) is 8.56. The van der Waals surface area contributed by atoms with Crippen LogP contribution in [0.15, 0.2) is 30.5 Å². The van der Waals surface area contributed by atoms with Gasteiger partial charge in [-0.1, -0.05) is 25.1 Å². The van der Waals surface area contributed by atoms with E-state index in [0.717, 1.165) is 6.42 Å². The molecule has 2 rings (SSSR count). The highest BCUT2D eigenvalue weighted by atomic mass is 16.7. The second-order valence-corrected chi connectivity index (χ2v) is 4.08. The average Bonchev–Trinajstić information content (AvgIpc) is 2.79. The van der Waals surface area contributed by atoms with Gasteiger partial charge in [0, 0.05) is 20.4 Å². The van der Waals surface area contributed by atoms with Crippen molar-refractivity contribution < 1.29 is 9.47 Å². The van der Waals surface area contributed by atoms with Gasteiger partial charge in [-0.25, -0.2) is 0 Å². The van der Waals surface area contributed by atoms with E-state index in [2.05, 4.69) is 42.0 Å². The number of benzene rings is 1. The van der Waals surface area contributed by atoms with E-state index in [1.165, 1.54) is 16.5 Å². The number of hydrogen-bond acceptors (Lipinski definition) is 2. The van der Waals surface area contributed by atoms with E-state index in [1.807, 2.05) is 0 Å². The Morgan fingerprint density at radius 2 is 1.94 bits per heavy atom. The Kier molecular flexibility index (Phi) is 3.82. The number of hydrogen-bond donors (Lipinski definition) is 0. The van der Waals surface area contributed by atoms with Crippen LogP contribution >= 0.6 is 0 Å². The lowest BCUT2D eigenvalue weighted by Crippen LogP contribution is -2.20. The summed E-state index contributed by atoms with van der Waals surface area (Å²) in [5, 5.41) is 1.27. The quantitative estimate of drug-likeness (QED) is 0.741. The Bertz CT molecular complexity index is 486. The number of methoxy groups -OCH3 is 2. The third-order valence-corrected chi connectivity index (χ3v) is 3.12. The van der Waals surface area contributed by atoms with Crippen LogP contribution in [0.5, 0.6) is 0 Å². The number of nitrogens with zero attached hydrogens (tertiary/aromatic N) is 1. The number of fused-ring (bicyclic) bond motifs is 1. The van der Waals surface area contributed by atoms with Crippen molar-refractivity contribution in [1.29, 1.82) is 0 Å². The summed E-state index contributed by atoms with van der Waals surface area (Å²) in [7, 11) is 3.33. The van der Waals surface area contributed by atoms with Gasteiger partial charge in [-0.2, -0.15) is 0 Å². The number of aromatic nitrogens is 1. The summed E-state index contributed by atoms with van der Waals surface area (Å²) in [4.78, 5) is 0. The first-order valence-corrected chi connectivity index (χ1v) is 5.92. The highest BCUT2D eigenvalue weighted by molar-refractivity contribution is 5.83. The van der Waals surface area contributed by atoms with Gasteiger partial charge in [0.15, 0.2) is 6.29 Å². The van der Waals surface area contributed by atoms with Crippen molar-refractivity contribution in [2.75, 3.05) is 14.2 Å². The number of para-hydroxylation sites is 1. The van der Waals surface area contributed by atoms with Crippen molar-refractivity contribution in [3.05, 3.63) is 36.0 Å². The maximum absolute atomic E-state index is 5.25. The molecule has 3 heteroatoms. The van der Waals surface area contributed by atoms with Gasteiger partial charge in [-0.3, -0.25) is 0 Å². The minimum atomic E-state index is -0.199. The average molecular weight is 233 g/mol. The predicted molar refractivity (Wildman–Crippen MR) is 69.1 cm³/mol. The standard InChI is InChI=1S/C14H19NO2/c1-4-11-6-5-7-12-8-9-15(14(11)12)10-13(16-2)17-3/h5-9,13H,4,10H2,1-3H3. The summed E-state index contributed by atoms with van der Waals surface area (Å²) in [5.41, 5.74) is 2.65. The van der Waals surface area contributed by atoms with Crippen LogP contribution in [0.4, 0.5) is 0 Å². The predicted octanol–water partition coefficient (Wildman–Crippen LogP) is 2.82. The Hall–Kier alpha value is -1.32. The Morgan fingerprint density at radius 1 is 1.18 bits per heavy atom. The largest absolute Gasteiger partial charge is 0.354 e. The summed E-state index contributed by atoms with van der Waals surface area (Å²) in [6.45, 7) is 2.89. The number of ether oxygens (including phenoxy) is 2. The first-order valence-electron chi connectivity index (χ1n) is 5.92. The lowest BCUT2D eigenvalue weighted by Gasteiger charge is -2.16. The van der Waals surface area contributed by atoms with Gasteiger partial charge in [0.05, 0.1) is 12.1 Å². The molecular weight excluding hydrogens is 214 g/mol. The van der Waals surface area contributed by atoms with E-state index in [1.54, 1.807) is 14.2 Å². The Morgan fingerprint density at radius 3 is 2.59 bits per heavy atom. The molecule has 0 fully saturated rings. The van der Waals surface area contributed by atoms with Gasteiger partial charge in [0.2, 0.25) is 0 Å². The molecule has 0 aliphatic carbocycles.